The Bertz CT molecular complexity index is 463. The average Bonchev–Trinajstić information content (AvgIpc) is 2.66. The van der Waals surface area contributed by atoms with Gasteiger partial charge in [-0.2, -0.15) is 5.10 Å². The van der Waals surface area contributed by atoms with Crippen LogP contribution in [0.1, 0.15) is 31.3 Å². The number of Topliss-reactive ketones (excluding diaryl/α,β-unsaturated/α-hetero) is 1. The van der Waals surface area contributed by atoms with Gasteiger partial charge in [0.1, 0.15) is 11.8 Å². The van der Waals surface area contributed by atoms with Crippen LogP contribution >= 0.6 is 15.9 Å². The molecule has 0 fully saturated rings. The van der Waals surface area contributed by atoms with Crippen LogP contribution in [0.2, 0.25) is 0 Å². The first-order valence-corrected chi connectivity index (χ1v) is 7.40. The van der Waals surface area contributed by atoms with Gasteiger partial charge in [-0.1, -0.05) is 20.8 Å². The Balaban J connectivity index is 3.05. The van der Waals surface area contributed by atoms with Crippen molar-refractivity contribution in [2.45, 2.75) is 33.4 Å². The highest BCUT2D eigenvalue weighted by Crippen LogP contribution is 2.27. The monoisotopic (exact) mass is 345 g/mol. The number of halogens is 1. The number of ketones is 1. The summed E-state index contributed by atoms with van der Waals surface area (Å²) in [4.78, 5) is 14.8. The highest BCUT2D eigenvalue weighted by molar-refractivity contribution is 9.10. The molecule has 0 bridgehead atoms. The first-order chi connectivity index (χ1) is 9.18. The first kappa shape index (κ1) is 17.3. The van der Waals surface area contributed by atoms with Gasteiger partial charge in [0, 0.05) is 13.7 Å². The molecule has 0 aliphatic heterocycles. The highest BCUT2D eigenvalue weighted by atomic mass is 79.9. The Morgan fingerprint density at radius 3 is 2.55 bits per heavy atom. The topological polar surface area (TPSA) is 47.4 Å². The van der Waals surface area contributed by atoms with E-state index in [1.165, 1.54) is 0 Å². The van der Waals surface area contributed by atoms with Crippen LogP contribution in [0, 0.1) is 5.41 Å². The lowest BCUT2D eigenvalue weighted by Crippen LogP contribution is -2.37. The Hall–Kier alpha value is -0.720. The standard InChI is InChI=1S/C14H24BrN3O2/c1-14(2,3)13(20-6)12(19)11-10(15)9-16-18(11)8-7-17(4)5/h9,13H,7-8H2,1-6H3. The minimum atomic E-state index is -0.492. The van der Waals surface area contributed by atoms with Gasteiger partial charge in [-0.15, -0.1) is 0 Å². The SMILES string of the molecule is COC(C(=O)c1c(Br)cnn1CCN(C)C)C(C)(C)C. The molecule has 6 heteroatoms. The van der Waals surface area contributed by atoms with Gasteiger partial charge in [-0.3, -0.25) is 9.48 Å². The van der Waals surface area contributed by atoms with Crippen LogP contribution in [0.5, 0.6) is 0 Å². The van der Waals surface area contributed by atoms with E-state index < -0.39 is 6.10 Å². The van der Waals surface area contributed by atoms with E-state index in [-0.39, 0.29) is 11.2 Å². The van der Waals surface area contributed by atoms with E-state index in [1.54, 1.807) is 18.0 Å². The molecule has 1 unspecified atom stereocenters. The van der Waals surface area contributed by atoms with Crippen LogP contribution in [0.25, 0.3) is 0 Å². The van der Waals surface area contributed by atoms with Crippen molar-refractivity contribution in [3.63, 3.8) is 0 Å². The molecule has 1 rings (SSSR count). The third kappa shape index (κ3) is 4.14. The van der Waals surface area contributed by atoms with Gasteiger partial charge in [-0.05, 0) is 35.4 Å². The largest absolute Gasteiger partial charge is 0.373 e. The second kappa shape index (κ2) is 6.83. The second-order valence-corrected chi connectivity index (χ2v) is 7.07. The summed E-state index contributed by atoms with van der Waals surface area (Å²) in [6.07, 6.45) is 1.17. The summed E-state index contributed by atoms with van der Waals surface area (Å²) in [5.74, 6) is -0.0388. The van der Waals surface area contributed by atoms with E-state index in [1.807, 2.05) is 34.9 Å². The number of hydrogen-bond acceptors (Lipinski definition) is 4. The number of rotatable bonds is 6. The summed E-state index contributed by atoms with van der Waals surface area (Å²) in [5.41, 5.74) is 0.315. The Morgan fingerprint density at radius 2 is 2.10 bits per heavy atom. The van der Waals surface area contributed by atoms with Gasteiger partial charge >= 0.3 is 0 Å². The molecule has 0 radical (unpaired) electrons. The lowest BCUT2D eigenvalue weighted by molar-refractivity contribution is 0.0186. The molecule has 0 spiro atoms. The fraction of sp³-hybridized carbons (Fsp3) is 0.714. The number of nitrogens with zero attached hydrogens (tertiary/aromatic N) is 3. The maximum Gasteiger partial charge on any atom is 0.211 e. The second-order valence-electron chi connectivity index (χ2n) is 6.21. The summed E-state index contributed by atoms with van der Waals surface area (Å²) >= 11 is 3.42. The lowest BCUT2D eigenvalue weighted by Gasteiger charge is -2.28. The normalized spacial score (nSPS) is 13.8. The van der Waals surface area contributed by atoms with E-state index in [0.29, 0.717) is 16.7 Å². The third-order valence-electron chi connectivity index (χ3n) is 3.05. The molecule has 1 heterocycles. The van der Waals surface area contributed by atoms with Crippen molar-refractivity contribution < 1.29 is 9.53 Å². The zero-order chi connectivity index (χ0) is 15.5. The van der Waals surface area contributed by atoms with Gasteiger partial charge in [0.25, 0.3) is 0 Å². The molecule has 1 aromatic heterocycles. The summed E-state index contributed by atoms with van der Waals surface area (Å²) < 4.78 is 7.87. The Labute approximate surface area is 129 Å². The van der Waals surface area contributed by atoms with E-state index in [2.05, 4.69) is 25.9 Å². The van der Waals surface area contributed by atoms with Crippen LogP contribution in [0.15, 0.2) is 10.7 Å². The van der Waals surface area contributed by atoms with Crippen LogP contribution in [-0.2, 0) is 11.3 Å². The number of carbonyl (C=O) groups is 1. The van der Waals surface area contributed by atoms with Crippen molar-refractivity contribution in [3.8, 4) is 0 Å². The molecule has 0 aromatic carbocycles. The van der Waals surface area contributed by atoms with Crippen LogP contribution in [0.3, 0.4) is 0 Å². The van der Waals surface area contributed by atoms with Crippen LogP contribution < -0.4 is 0 Å². The van der Waals surface area contributed by atoms with E-state index in [0.717, 1.165) is 6.54 Å². The number of methoxy groups -OCH3 is 1. The average molecular weight is 346 g/mol. The van der Waals surface area contributed by atoms with Crippen LogP contribution in [0.4, 0.5) is 0 Å². The quantitative estimate of drug-likeness (QED) is 0.743. The first-order valence-electron chi connectivity index (χ1n) is 6.61. The zero-order valence-electron chi connectivity index (χ0n) is 13.1. The number of hydrogen-bond donors (Lipinski definition) is 0. The van der Waals surface area contributed by atoms with Gasteiger partial charge in [0.15, 0.2) is 0 Å². The van der Waals surface area contributed by atoms with Crippen molar-refractivity contribution >= 4 is 21.7 Å². The number of aromatic nitrogens is 2. The molecule has 1 atom stereocenters. The third-order valence-corrected chi connectivity index (χ3v) is 3.63. The molecule has 0 saturated heterocycles. The number of likely N-dealkylation sites (N-methyl/N-ethyl adjacent to an activating group) is 1. The molecule has 0 aliphatic carbocycles. The molecular formula is C14H24BrN3O2. The molecule has 114 valence electrons. The van der Waals surface area contributed by atoms with Gasteiger partial charge in [-0.25, -0.2) is 0 Å². The molecule has 5 nitrogen and oxygen atoms in total. The van der Waals surface area contributed by atoms with Gasteiger partial charge in [0.2, 0.25) is 5.78 Å². The van der Waals surface area contributed by atoms with Crippen molar-refractivity contribution in [1.29, 1.82) is 0 Å². The maximum absolute atomic E-state index is 12.7. The van der Waals surface area contributed by atoms with E-state index in [4.69, 9.17) is 4.74 Å². The Kier molecular flexibility index (Phi) is 5.91. The van der Waals surface area contributed by atoms with Crippen molar-refractivity contribution in [1.82, 2.24) is 14.7 Å². The highest BCUT2D eigenvalue weighted by Gasteiger charge is 2.34. The summed E-state index contributed by atoms with van der Waals surface area (Å²) in [5, 5.41) is 4.27. The molecule has 20 heavy (non-hydrogen) atoms. The summed E-state index contributed by atoms with van der Waals surface area (Å²) in [7, 11) is 5.56. The molecular weight excluding hydrogens is 322 g/mol. The smallest absolute Gasteiger partial charge is 0.211 e. The number of ether oxygens (including phenoxy) is 1. The fourth-order valence-corrected chi connectivity index (χ4v) is 2.54. The predicted octanol–water partition coefficient (Wildman–Crippen LogP) is 2.45. The zero-order valence-corrected chi connectivity index (χ0v) is 14.7. The van der Waals surface area contributed by atoms with E-state index in [9.17, 15) is 4.79 Å². The lowest BCUT2D eigenvalue weighted by atomic mass is 9.85. The van der Waals surface area contributed by atoms with Crippen molar-refractivity contribution in [2.75, 3.05) is 27.7 Å². The predicted molar refractivity (Wildman–Crippen MR) is 83.1 cm³/mol. The van der Waals surface area contributed by atoms with Crippen molar-refractivity contribution in [3.05, 3.63) is 16.4 Å². The molecule has 1 aromatic rings. The maximum atomic E-state index is 12.7. The summed E-state index contributed by atoms with van der Waals surface area (Å²) in [6, 6.07) is 0. The molecule has 0 saturated carbocycles. The molecule has 0 amide bonds. The van der Waals surface area contributed by atoms with E-state index >= 15 is 0 Å². The number of carbonyl (C=O) groups excluding carboxylic acids is 1. The van der Waals surface area contributed by atoms with Crippen molar-refractivity contribution in [2.24, 2.45) is 5.41 Å². The van der Waals surface area contributed by atoms with Gasteiger partial charge in [0.05, 0.1) is 17.2 Å². The summed E-state index contributed by atoms with van der Waals surface area (Å²) in [6.45, 7) is 7.47. The molecule has 0 N–H and O–H groups in total. The fourth-order valence-electron chi connectivity index (χ4n) is 2.05. The minimum Gasteiger partial charge on any atom is -0.373 e. The Morgan fingerprint density at radius 1 is 1.50 bits per heavy atom. The minimum absolute atomic E-state index is 0.0388. The van der Waals surface area contributed by atoms with Crippen LogP contribution in [-0.4, -0.2) is 54.3 Å². The van der Waals surface area contributed by atoms with Gasteiger partial charge < -0.3 is 9.64 Å². The molecule has 0 aliphatic rings.